The van der Waals surface area contributed by atoms with Gasteiger partial charge in [-0.1, -0.05) is 23.7 Å². The van der Waals surface area contributed by atoms with E-state index in [1.54, 1.807) is 35.9 Å². The minimum atomic E-state index is -0.165. The highest BCUT2D eigenvalue weighted by Crippen LogP contribution is 2.29. The summed E-state index contributed by atoms with van der Waals surface area (Å²) in [4.78, 5) is 15.9. The van der Waals surface area contributed by atoms with Crippen LogP contribution in [0.1, 0.15) is 30.1 Å². The van der Waals surface area contributed by atoms with Crippen LogP contribution in [0.5, 0.6) is 5.75 Å². The first-order chi connectivity index (χ1) is 13.9. The molecule has 0 fully saturated rings. The number of hydrogen-bond acceptors (Lipinski definition) is 6. The van der Waals surface area contributed by atoms with Crippen molar-refractivity contribution in [2.45, 2.75) is 31.3 Å². The molecule has 0 radical (unpaired) electrons. The van der Waals surface area contributed by atoms with Crippen molar-refractivity contribution >= 4 is 29.3 Å². The lowest BCUT2D eigenvalue weighted by molar-refractivity contribution is 0.0669. The van der Waals surface area contributed by atoms with Gasteiger partial charge in [0.25, 0.3) is 5.91 Å². The van der Waals surface area contributed by atoms with Crippen LogP contribution in [0, 0.1) is 0 Å². The van der Waals surface area contributed by atoms with Gasteiger partial charge in [-0.2, -0.15) is 0 Å². The maximum Gasteiger partial charge on any atom is 0.258 e. The lowest BCUT2D eigenvalue weighted by atomic mass is 10.1. The van der Waals surface area contributed by atoms with Crippen LogP contribution in [-0.4, -0.2) is 40.4 Å². The normalized spacial score (nSPS) is 11.0. The number of halogens is 1. The maximum absolute atomic E-state index is 13.2. The van der Waals surface area contributed by atoms with E-state index < -0.39 is 0 Å². The molecule has 3 aromatic rings. The number of thioether (sulfide) groups is 1. The van der Waals surface area contributed by atoms with Crippen molar-refractivity contribution in [1.82, 2.24) is 15.1 Å². The summed E-state index contributed by atoms with van der Waals surface area (Å²) in [6, 6.07) is 12.7. The zero-order chi connectivity index (χ0) is 21.0. The summed E-state index contributed by atoms with van der Waals surface area (Å²) in [5, 5.41) is 8.71. The van der Waals surface area contributed by atoms with E-state index in [2.05, 4.69) is 10.2 Å². The summed E-state index contributed by atoms with van der Waals surface area (Å²) in [6.07, 6.45) is 1.98. The quantitative estimate of drug-likeness (QED) is 0.480. The molecule has 152 valence electrons. The zero-order valence-corrected chi connectivity index (χ0v) is 18.3. The van der Waals surface area contributed by atoms with Crippen molar-refractivity contribution in [3.8, 4) is 17.2 Å². The highest BCUT2D eigenvalue weighted by atomic mass is 35.5. The number of carbonyl (C=O) groups is 1. The molecule has 3 rings (SSSR count). The number of methoxy groups -OCH3 is 1. The van der Waals surface area contributed by atoms with Crippen molar-refractivity contribution in [2.24, 2.45) is 0 Å². The first-order valence-corrected chi connectivity index (χ1v) is 10.6. The third-order valence-electron chi connectivity index (χ3n) is 4.40. The van der Waals surface area contributed by atoms with Gasteiger partial charge >= 0.3 is 0 Å². The van der Waals surface area contributed by atoms with E-state index in [-0.39, 0.29) is 18.5 Å². The van der Waals surface area contributed by atoms with E-state index in [9.17, 15) is 4.79 Å². The average molecular weight is 432 g/mol. The first-order valence-electron chi connectivity index (χ1n) is 9.04. The van der Waals surface area contributed by atoms with Crippen molar-refractivity contribution in [3.63, 3.8) is 0 Å². The smallest absolute Gasteiger partial charge is 0.258 e. The Morgan fingerprint density at radius 1 is 1.24 bits per heavy atom. The maximum atomic E-state index is 13.2. The number of hydrogen-bond donors (Lipinski definition) is 0. The van der Waals surface area contributed by atoms with E-state index in [0.717, 1.165) is 4.90 Å². The fourth-order valence-electron chi connectivity index (χ4n) is 2.83. The van der Waals surface area contributed by atoms with Gasteiger partial charge in [0.2, 0.25) is 11.8 Å². The minimum absolute atomic E-state index is 0.0805. The lowest BCUT2D eigenvalue weighted by Gasteiger charge is -2.26. The number of rotatable bonds is 7. The van der Waals surface area contributed by atoms with Gasteiger partial charge < -0.3 is 14.1 Å². The monoisotopic (exact) mass is 431 g/mol. The Morgan fingerprint density at radius 3 is 2.66 bits per heavy atom. The molecule has 0 N–H and O–H groups in total. The number of benzene rings is 2. The molecule has 1 aromatic heterocycles. The predicted octanol–water partition coefficient (Wildman–Crippen LogP) is 5.17. The fraction of sp³-hybridized carbons (Fsp3) is 0.286. The summed E-state index contributed by atoms with van der Waals surface area (Å²) in [6.45, 7) is 4.05. The summed E-state index contributed by atoms with van der Waals surface area (Å²) in [5.41, 5.74) is 1.15. The molecule has 1 amide bonds. The van der Waals surface area contributed by atoms with Crippen LogP contribution in [0.25, 0.3) is 11.5 Å². The minimum Gasteiger partial charge on any atom is -0.496 e. The van der Waals surface area contributed by atoms with Gasteiger partial charge in [-0.25, -0.2) is 0 Å². The van der Waals surface area contributed by atoms with Crippen molar-refractivity contribution in [3.05, 3.63) is 58.9 Å². The van der Waals surface area contributed by atoms with Crippen molar-refractivity contribution in [1.29, 1.82) is 0 Å². The Bertz CT molecular complexity index is 1010. The molecule has 6 nitrogen and oxygen atoms in total. The molecule has 0 saturated heterocycles. The Labute approximate surface area is 179 Å². The molecule has 0 unspecified atom stereocenters. The zero-order valence-electron chi connectivity index (χ0n) is 16.7. The number of aromatic nitrogens is 2. The van der Waals surface area contributed by atoms with E-state index in [1.807, 2.05) is 50.4 Å². The van der Waals surface area contributed by atoms with Crippen molar-refractivity contribution in [2.75, 3.05) is 13.4 Å². The highest BCUT2D eigenvalue weighted by molar-refractivity contribution is 7.98. The molecule has 0 aliphatic heterocycles. The largest absolute Gasteiger partial charge is 0.496 e. The van der Waals surface area contributed by atoms with E-state index >= 15 is 0 Å². The molecule has 0 saturated carbocycles. The Hall–Kier alpha value is -2.51. The van der Waals surface area contributed by atoms with E-state index in [1.165, 1.54) is 0 Å². The molecule has 8 heteroatoms. The Balaban J connectivity index is 1.86. The summed E-state index contributed by atoms with van der Waals surface area (Å²) in [7, 11) is 1.56. The second-order valence-electron chi connectivity index (χ2n) is 6.57. The highest BCUT2D eigenvalue weighted by Gasteiger charge is 2.25. The van der Waals surface area contributed by atoms with Crippen LogP contribution in [0.2, 0.25) is 5.02 Å². The van der Waals surface area contributed by atoms with Crippen LogP contribution in [-0.2, 0) is 6.54 Å². The molecule has 0 bridgehead atoms. The van der Waals surface area contributed by atoms with Gasteiger partial charge in [-0.15, -0.1) is 22.0 Å². The van der Waals surface area contributed by atoms with Gasteiger partial charge in [-0.05, 0) is 50.4 Å². The summed E-state index contributed by atoms with van der Waals surface area (Å²) < 4.78 is 11.2. The average Bonchev–Trinajstić information content (AvgIpc) is 3.19. The molecule has 0 spiro atoms. The summed E-state index contributed by atoms with van der Waals surface area (Å²) >= 11 is 7.79. The van der Waals surface area contributed by atoms with Gasteiger partial charge in [0, 0.05) is 10.9 Å². The molecule has 29 heavy (non-hydrogen) atoms. The second-order valence-corrected chi connectivity index (χ2v) is 7.86. The predicted molar refractivity (Wildman–Crippen MR) is 115 cm³/mol. The number of ether oxygens (including phenoxy) is 1. The number of nitrogens with zero attached hydrogens (tertiary/aromatic N) is 3. The summed E-state index contributed by atoms with van der Waals surface area (Å²) in [5.74, 6) is 1.03. The Kier molecular flexibility index (Phi) is 6.82. The Morgan fingerprint density at radius 2 is 2.00 bits per heavy atom. The molecular weight excluding hydrogens is 410 g/mol. The number of carbonyl (C=O) groups excluding carboxylic acids is 1. The SMILES string of the molecule is COc1cc(SC)ccc1C(=O)N(Cc1nnc(-c2ccccc2Cl)o1)C(C)C. The lowest BCUT2D eigenvalue weighted by Crippen LogP contribution is -2.36. The first kappa shape index (κ1) is 21.2. The molecule has 0 atom stereocenters. The molecular formula is C21H22ClN3O3S. The number of amides is 1. The van der Waals surface area contributed by atoms with Gasteiger partial charge in [0.1, 0.15) is 5.75 Å². The fourth-order valence-corrected chi connectivity index (χ4v) is 3.47. The topological polar surface area (TPSA) is 68.5 Å². The third kappa shape index (κ3) is 4.74. The van der Waals surface area contributed by atoms with Crippen LogP contribution in [0.4, 0.5) is 0 Å². The van der Waals surface area contributed by atoms with Crippen LogP contribution >= 0.6 is 23.4 Å². The molecule has 0 aliphatic carbocycles. The molecule has 0 aliphatic rings. The van der Waals surface area contributed by atoms with Crippen LogP contribution in [0.15, 0.2) is 51.8 Å². The third-order valence-corrected chi connectivity index (χ3v) is 5.45. The van der Waals surface area contributed by atoms with Gasteiger partial charge in [0.15, 0.2) is 0 Å². The molecule has 1 heterocycles. The standard InChI is InChI=1S/C21H22ClN3O3S/c1-13(2)25(21(26)16-10-9-14(29-4)11-18(16)27-3)12-19-23-24-20(28-19)15-7-5-6-8-17(15)22/h5-11,13H,12H2,1-4H3. The van der Waals surface area contributed by atoms with E-state index in [0.29, 0.717) is 33.7 Å². The van der Waals surface area contributed by atoms with E-state index in [4.69, 9.17) is 20.8 Å². The van der Waals surface area contributed by atoms with Gasteiger partial charge in [-0.3, -0.25) is 4.79 Å². The second kappa shape index (κ2) is 9.33. The van der Waals surface area contributed by atoms with Crippen LogP contribution < -0.4 is 4.74 Å². The van der Waals surface area contributed by atoms with Gasteiger partial charge in [0.05, 0.1) is 29.8 Å². The van der Waals surface area contributed by atoms with Crippen molar-refractivity contribution < 1.29 is 13.9 Å². The molecule has 2 aromatic carbocycles. The van der Waals surface area contributed by atoms with Crippen LogP contribution in [0.3, 0.4) is 0 Å².